The second-order valence-corrected chi connectivity index (χ2v) is 7.69. The maximum Gasteiger partial charge on any atom is 0.0337 e. The quantitative estimate of drug-likeness (QED) is 0.863. The highest BCUT2D eigenvalue weighted by Gasteiger charge is 2.43. The molecule has 2 aliphatic rings. The number of nitrogens with zero attached hydrogens (tertiary/aromatic N) is 2. The first-order valence-electron chi connectivity index (χ1n) is 8.64. The Morgan fingerprint density at radius 1 is 1.25 bits per heavy atom. The molecule has 1 aliphatic carbocycles. The molecule has 1 aliphatic heterocycles. The number of likely N-dealkylation sites (N-methyl/N-ethyl adjacent to an activating group) is 1. The molecule has 3 atom stereocenters. The summed E-state index contributed by atoms with van der Waals surface area (Å²) in [5.41, 5.74) is 6.60. The highest BCUT2D eigenvalue weighted by atomic mass is 15.3. The van der Waals surface area contributed by atoms with Crippen molar-refractivity contribution in [3.63, 3.8) is 0 Å². The molecule has 1 heterocycles. The summed E-state index contributed by atoms with van der Waals surface area (Å²) in [4.78, 5) is 5.27. The highest BCUT2D eigenvalue weighted by Crippen LogP contribution is 2.40. The molecule has 2 N–H and O–H groups in total. The molecule has 2 fully saturated rings. The zero-order valence-corrected chi connectivity index (χ0v) is 14.1. The van der Waals surface area contributed by atoms with E-state index in [0.717, 1.165) is 18.4 Å². The molecule has 3 unspecified atom stereocenters. The van der Waals surface area contributed by atoms with Gasteiger partial charge in [0.1, 0.15) is 0 Å². The Hall–Kier alpha value is -0.120. The van der Waals surface area contributed by atoms with Gasteiger partial charge in [0.2, 0.25) is 0 Å². The molecule has 0 aromatic heterocycles. The average Bonchev–Trinajstić information content (AvgIpc) is 2.59. The lowest BCUT2D eigenvalue weighted by atomic mass is 9.70. The van der Waals surface area contributed by atoms with E-state index in [1.54, 1.807) is 0 Å². The summed E-state index contributed by atoms with van der Waals surface area (Å²) in [7, 11) is 2.26. The number of hydrogen-bond acceptors (Lipinski definition) is 3. The van der Waals surface area contributed by atoms with Crippen molar-refractivity contribution >= 4 is 0 Å². The third-order valence-electron chi connectivity index (χ3n) is 5.84. The lowest BCUT2D eigenvalue weighted by molar-refractivity contribution is 0.00117. The standard InChI is InChI=1S/C17H35N3/c1-14(2)16-7-5-8-17(11-16,13-18)20-10-6-9-19(4)12-15(20)3/h14-16H,5-13,18H2,1-4H3. The summed E-state index contributed by atoms with van der Waals surface area (Å²) in [5.74, 6) is 1.66. The SMILES string of the molecule is CC(C)C1CCCC(CN)(N2CCCN(C)CC2C)C1. The van der Waals surface area contributed by atoms with Gasteiger partial charge in [0, 0.05) is 31.2 Å². The van der Waals surface area contributed by atoms with E-state index < -0.39 is 0 Å². The van der Waals surface area contributed by atoms with Crippen molar-refractivity contribution in [1.29, 1.82) is 0 Å². The summed E-state index contributed by atoms with van der Waals surface area (Å²) in [6.45, 7) is 11.7. The summed E-state index contributed by atoms with van der Waals surface area (Å²) in [6, 6.07) is 0.636. The maximum atomic E-state index is 6.32. The minimum atomic E-state index is 0.276. The Balaban J connectivity index is 2.16. The van der Waals surface area contributed by atoms with Gasteiger partial charge in [0.25, 0.3) is 0 Å². The van der Waals surface area contributed by atoms with E-state index in [1.807, 2.05) is 0 Å². The Labute approximate surface area is 125 Å². The van der Waals surface area contributed by atoms with Crippen LogP contribution in [-0.4, -0.2) is 54.6 Å². The van der Waals surface area contributed by atoms with Crippen LogP contribution in [0.1, 0.15) is 52.9 Å². The molecule has 0 radical (unpaired) electrons. The molecular weight excluding hydrogens is 246 g/mol. The third kappa shape index (κ3) is 3.37. The van der Waals surface area contributed by atoms with E-state index in [9.17, 15) is 0 Å². The molecule has 3 heteroatoms. The molecule has 0 aromatic rings. The van der Waals surface area contributed by atoms with Crippen LogP contribution in [-0.2, 0) is 0 Å². The Kier molecular flexibility index (Phi) is 5.49. The lowest BCUT2D eigenvalue weighted by Crippen LogP contribution is -2.60. The van der Waals surface area contributed by atoms with Crippen LogP contribution in [0.2, 0.25) is 0 Å². The van der Waals surface area contributed by atoms with Gasteiger partial charge >= 0.3 is 0 Å². The number of hydrogen-bond donors (Lipinski definition) is 1. The fraction of sp³-hybridized carbons (Fsp3) is 1.00. The lowest BCUT2D eigenvalue weighted by Gasteiger charge is -2.51. The van der Waals surface area contributed by atoms with Gasteiger partial charge in [-0.05, 0) is 51.6 Å². The molecule has 0 amide bonds. The predicted octanol–water partition coefficient (Wildman–Crippen LogP) is 2.56. The van der Waals surface area contributed by atoms with Crippen molar-refractivity contribution in [2.24, 2.45) is 17.6 Å². The predicted molar refractivity (Wildman–Crippen MR) is 86.9 cm³/mol. The Bertz CT molecular complexity index is 305. The van der Waals surface area contributed by atoms with Crippen molar-refractivity contribution in [3.8, 4) is 0 Å². The van der Waals surface area contributed by atoms with Crippen LogP contribution < -0.4 is 5.73 Å². The second kappa shape index (κ2) is 6.76. The zero-order chi connectivity index (χ0) is 14.8. The molecule has 118 valence electrons. The minimum Gasteiger partial charge on any atom is -0.329 e. The monoisotopic (exact) mass is 281 g/mol. The van der Waals surface area contributed by atoms with Crippen LogP contribution in [0.5, 0.6) is 0 Å². The van der Waals surface area contributed by atoms with Crippen molar-refractivity contribution in [1.82, 2.24) is 9.80 Å². The van der Waals surface area contributed by atoms with Crippen LogP contribution in [0.25, 0.3) is 0 Å². The van der Waals surface area contributed by atoms with E-state index in [2.05, 4.69) is 37.6 Å². The van der Waals surface area contributed by atoms with Gasteiger partial charge in [-0.25, -0.2) is 0 Å². The van der Waals surface area contributed by atoms with E-state index >= 15 is 0 Å². The third-order valence-corrected chi connectivity index (χ3v) is 5.84. The molecule has 20 heavy (non-hydrogen) atoms. The van der Waals surface area contributed by atoms with Crippen molar-refractivity contribution < 1.29 is 0 Å². The van der Waals surface area contributed by atoms with Gasteiger partial charge in [-0.3, -0.25) is 4.90 Å². The largest absolute Gasteiger partial charge is 0.329 e. The van der Waals surface area contributed by atoms with E-state index in [-0.39, 0.29) is 5.54 Å². The number of nitrogens with two attached hydrogens (primary N) is 1. The van der Waals surface area contributed by atoms with Crippen molar-refractivity contribution in [2.45, 2.75) is 64.5 Å². The molecule has 1 saturated carbocycles. The van der Waals surface area contributed by atoms with Crippen molar-refractivity contribution in [3.05, 3.63) is 0 Å². The fourth-order valence-corrected chi connectivity index (χ4v) is 4.59. The summed E-state index contributed by atoms with van der Waals surface area (Å²) < 4.78 is 0. The van der Waals surface area contributed by atoms with Crippen LogP contribution in [0, 0.1) is 11.8 Å². The molecule has 3 nitrogen and oxygen atoms in total. The Morgan fingerprint density at radius 3 is 2.65 bits per heavy atom. The van der Waals surface area contributed by atoms with E-state index in [0.29, 0.717) is 6.04 Å². The molecule has 0 spiro atoms. The molecule has 0 aromatic carbocycles. The first-order valence-corrected chi connectivity index (χ1v) is 8.64. The van der Waals surface area contributed by atoms with E-state index in [4.69, 9.17) is 5.73 Å². The zero-order valence-electron chi connectivity index (χ0n) is 14.1. The fourth-order valence-electron chi connectivity index (χ4n) is 4.59. The van der Waals surface area contributed by atoms with Crippen molar-refractivity contribution in [2.75, 3.05) is 33.2 Å². The smallest absolute Gasteiger partial charge is 0.0337 e. The topological polar surface area (TPSA) is 32.5 Å². The summed E-state index contributed by atoms with van der Waals surface area (Å²) in [6.07, 6.45) is 6.67. The molecule has 0 bridgehead atoms. The Morgan fingerprint density at radius 2 is 2.00 bits per heavy atom. The van der Waals surface area contributed by atoms with Gasteiger partial charge < -0.3 is 10.6 Å². The normalized spacial score (nSPS) is 38.1. The first-order chi connectivity index (χ1) is 9.48. The van der Waals surface area contributed by atoms with Gasteiger partial charge in [0.15, 0.2) is 0 Å². The van der Waals surface area contributed by atoms with Crippen LogP contribution in [0.4, 0.5) is 0 Å². The summed E-state index contributed by atoms with van der Waals surface area (Å²) >= 11 is 0. The second-order valence-electron chi connectivity index (χ2n) is 7.69. The van der Waals surface area contributed by atoms with Gasteiger partial charge in [-0.15, -0.1) is 0 Å². The average molecular weight is 281 g/mol. The highest BCUT2D eigenvalue weighted by molar-refractivity contribution is 4.99. The molecule has 2 rings (SSSR count). The van der Waals surface area contributed by atoms with E-state index in [1.165, 1.54) is 51.7 Å². The number of rotatable bonds is 3. The van der Waals surface area contributed by atoms with Gasteiger partial charge in [-0.1, -0.05) is 26.7 Å². The maximum absolute atomic E-state index is 6.32. The minimum absolute atomic E-state index is 0.276. The summed E-state index contributed by atoms with van der Waals surface area (Å²) in [5, 5.41) is 0. The van der Waals surface area contributed by atoms with Crippen LogP contribution in [0.15, 0.2) is 0 Å². The molecule has 1 saturated heterocycles. The molecular formula is C17H35N3. The van der Waals surface area contributed by atoms with Crippen LogP contribution in [0.3, 0.4) is 0 Å². The first kappa shape index (κ1) is 16.3. The van der Waals surface area contributed by atoms with Gasteiger partial charge in [-0.2, -0.15) is 0 Å². The van der Waals surface area contributed by atoms with Crippen LogP contribution >= 0.6 is 0 Å². The van der Waals surface area contributed by atoms with Gasteiger partial charge in [0.05, 0.1) is 0 Å².